The van der Waals surface area contributed by atoms with Gasteiger partial charge in [0.25, 0.3) is 0 Å². The number of quaternary nitrogens is 1. The molecule has 0 spiro atoms. The minimum atomic E-state index is 1.04. The molecule has 1 aliphatic rings. The topological polar surface area (TPSA) is 16.6 Å². The highest BCUT2D eigenvalue weighted by Crippen LogP contribution is 2.39. The lowest BCUT2D eigenvalue weighted by molar-refractivity contribution is -0.685. The molecule has 1 heterocycles. The van der Waals surface area contributed by atoms with Crippen molar-refractivity contribution in [1.29, 1.82) is 0 Å². The van der Waals surface area contributed by atoms with Crippen LogP contribution in [0.2, 0.25) is 0 Å². The van der Waals surface area contributed by atoms with Gasteiger partial charge in [-0.05, 0) is 32.7 Å². The van der Waals surface area contributed by atoms with E-state index < -0.39 is 0 Å². The molecule has 0 aliphatic carbocycles. The number of hydrogen-bond acceptors (Lipinski definition) is 0. The predicted molar refractivity (Wildman–Crippen MR) is 96.2 cm³/mol. The van der Waals surface area contributed by atoms with Gasteiger partial charge < -0.3 is 5.32 Å². The van der Waals surface area contributed by atoms with Crippen molar-refractivity contribution in [3.05, 3.63) is 83.9 Å². The fourth-order valence-corrected chi connectivity index (χ4v) is 3.95. The summed E-state index contributed by atoms with van der Waals surface area (Å²) in [6, 6.07) is 26.7. The SMILES string of the molecule is c1ccc2c3c(ccc2c1)C[NH2+]Cc1ccc2ccccc2c1-3. The molecule has 2 N–H and O–H groups in total. The van der Waals surface area contributed by atoms with E-state index in [9.17, 15) is 0 Å². The lowest BCUT2D eigenvalue weighted by atomic mass is 9.88. The first-order chi connectivity index (χ1) is 11.4. The van der Waals surface area contributed by atoms with Crippen LogP contribution in [-0.4, -0.2) is 0 Å². The van der Waals surface area contributed by atoms with Gasteiger partial charge in [0.15, 0.2) is 0 Å². The van der Waals surface area contributed by atoms with E-state index in [1.165, 1.54) is 43.8 Å². The van der Waals surface area contributed by atoms with E-state index >= 15 is 0 Å². The van der Waals surface area contributed by atoms with Gasteiger partial charge in [0, 0.05) is 11.1 Å². The van der Waals surface area contributed by atoms with Gasteiger partial charge in [-0.15, -0.1) is 0 Å². The van der Waals surface area contributed by atoms with Gasteiger partial charge in [0.05, 0.1) is 0 Å². The van der Waals surface area contributed by atoms with Crippen molar-refractivity contribution in [3.63, 3.8) is 0 Å². The van der Waals surface area contributed by atoms with Crippen molar-refractivity contribution < 1.29 is 5.32 Å². The van der Waals surface area contributed by atoms with E-state index in [1.807, 2.05) is 0 Å². The van der Waals surface area contributed by atoms with Gasteiger partial charge in [-0.3, -0.25) is 0 Å². The summed E-state index contributed by atoms with van der Waals surface area (Å²) in [7, 11) is 0. The summed E-state index contributed by atoms with van der Waals surface area (Å²) in [5.74, 6) is 0. The number of hydrogen-bond donors (Lipinski definition) is 1. The fraction of sp³-hybridized carbons (Fsp3) is 0.0909. The maximum atomic E-state index is 2.41. The Labute approximate surface area is 135 Å². The summed E-state index contributed by atoms with van der Waals surface area (Å²) in [5.41, 5.74) is 5.75. The number of benzene rings is 4. The molecule has 0 fully saturated rings. The van der Waals surface area contributed by atoms with Crippen molar-refractivity contribution in [2.24, 2.45) is 0 Å². The van der Waals surface area contributed by atoms with Crippen molar-refractivity contribution in [2.75, 3.05) is 0 Å². The minimum Gasteiger partial charge on any atom is -0.339 e. The first kappa shape index (κ1) is 12.9. The first-order valence-electron chi connectivity index (χ1n) is 8.25. The molecule has 0 radical (unpaired) electrons. The molecule has 1 heteroatoms. The van der Waals surface area contributed by atoms with Gasteiger partial charge >= 0.3 is 0 Å². The van der Waals surface area contributed by atoms with E-state index in [0.717, 1.165) is 13.1 Å². The van der Waals surface area contributed by atoms with E-state index in [4.69, 9.17) is 0 Å². The Kier molecular flexibility index (Phi) is 2.76. The second-order valence-electron chi connectivity index (χ2n) is 6.34. The zero-order valence-corrected chi connectivity index (χ0v) is 12.9. The molecule has 1 nitrogen and oxygen atoms in total. The quantitative estimate of drug-likeness (QED) is 0.500. The third kappa shape index (κ3) is 1.90. The summed E-state index contributed by atoms with van der Waals surface area (Å²) in [5, 5.41) is 7.81. The number of nitrogens with two attached hydrogens (primary N) is 1. The van der Waals surface area contributed by atoms with Crippen LogP contribution in [0, 0.1) is 0 Å². The lowest BCUT2D eigenvalue weighted by Gasteiger charge is -2.14. The second kappa shape index (κ2) is 4.94. The molecular weight excluding hydrogens is 278 g/mol. The second-order valence-corrected chi connectivity index (χ2v) is 6.34. The summed E-state index contributed by atoms with van der Waals surface area (Å²) in [6.07, 6.45) is 0. The van der Waals surface area contributed by atoms with E-state index in [1.54, 1.807) is 0 Å². The Morgan fingerprint density at radius 2 is 1.00 bits per heavy atom. The zero-order chi connectivity index (χ0) is 15.2. The molecule has 0 bridgehead atoms. The molecule has 23 heavy (non-hydrogen) atoms. The van der Waals surface area contributed by atoms with Gasteiger partial charge in [-0.1, -0.05) is 72.8 Å². The van der Waals surface area contributed by atoms with Crippen LogP contribution < -0.4 is 5.32 Å². The van der Waals surface area contributed by atoms with E-state index in [-0.39, 0.29) is 0 Å². The third-order valence-corrected chi connectivity index (χ3v) is 5.01. The summed E-state index contributed by atoms with van der Waals surface area (Å²) >= 11 is 0. The van der Waals surface area contributed by atoms with Gasteiger partial charge in [0.2, 0.25) is 0 Å². The molecule has 110 valence electrons. The summed E-state index contributed by atoms with van der Waals surface area (Å²) in [6.45, 7) is 2.09. The molecular formula is C22H18N+. The Hall–Kier alpha value is -2.64. The molecule has 0 saturated carbocycles. The number of fused-ring (bicyclic) bond motifs is 7. The average Bonchev–Trinajstić information content (AvgIpc) is 2.81. The Bertz CT molecular complexity index is 961. The Morgan fingerprint density at radius 1 is 0.522 bits per heavy atom. The monoisotopic (exact) mass is 296 g/mol. The van der Waals surface area contributed by atoms with Crippen LogP contribution in [0.4, 0.5) is 0 Å². The Balaban J connectivity index is 2.01. The first-order valence-corrected chi connectivity index (χ1v) is 8.25. The highest BCUT2D eigenvalue weighted by Gasteiger charge is 2.20. The van der Waals surface area contributed by atoms with Crippen molar-refractivity contribution in [1.82, 2.24) is 0 Å². The van der Waals surface area contributed by atoms with E-state index in [0.29, 0.717) is 0 Å². The average molecular weight is 296 g/mol. The predicted octanol–water partition coefficient (Wildman–Crippen LogP) is 4.24. The van der Waals surface area contributed by atoms with E-state index in [2.05, 4.69) is 78.1 Å². The standard InChI is InChI=1S/C22H17N/c1-3-7-19-15(5-1)9-11-17-13-23-14-18-12-10-16-6-2-4-8-20(16)22(18)21(17)19/h1-12,23H,13-14H2/p+1. The van der Waals surface area contributed by atoms with Crippen LogP contribution in [0.15, 0.2) is 72.8 Å². The molecule has 1 aliphatic heterocycles. The molecule has 4 aromatic rings. The van der Waals surface area contributed by atoms with Crippen molar-refractivity contribution >= 4 is 21.5 Å². The molecule has 5 rings (SSSR count). The third-order valence-electron chi connectivity index (χ3n) is 5.01. The van der Waals surface area contributed by atoms with Crippen molar-refractivity contribution in [2.45, 2.75) is 13.1 Å². The lowest BCUT2D eigenvalue weighted by Crippen LogP contribution is -2.80. The highest BCUT2D eigenvalue weighted by atomic mass is 14.9. The number of rotatable bonds is 0. The maximum absolute atomic E-state index is 2.41. The minimum absolute atomic E-state index is 1.04. The van der Waals surface area contributed by atoms with Crippen LogP contribution in [0.3, 0.4) is 0 Å². The largest absolute Gasteiger partial charge is 0.339 e. The molecule has 0 unspecified atom stereocenters. The highest BCUT2D eigenvalue weighted by molar-refractivity contribution is 6.07. The zero-order valence-electron chi connectivity index (χ0n) is 12.9. The molecule has 0 amide bonds. The van der Waals surface area contributed by atoms with Crippen LogP contribution in [0.5, 0.6) is 0 Å². The molecule has 0 aromatic heterocycles. The smallest absolute Gasteiger partial charge is 0.102 e. The summed E-state index contributed by atoms with van der Waals surface area (Å²) in [4.78, 5) is 0. The molecule has 4 aromatic carbocycles. The van der Waals surface area contributed by atoms with Gasteiger partial charge in [-0.25, -0.2) is 0 Å². The van der Waals surface area contributed by atoms with Gasteiger partial charge in [0.1, 0.15) is 13.1 Å². The molecule has 0 saturated heterocycles. The fourth-order valence-electron chi connectivity index (χ4n) is 3.95. The van der Waals surface area contributed by atoms with Crippen LogP contribution in [-0.2, 0) is 13.1 Å². The van der Waals surface area contributed by atoms with Crippen molar-refractivity contribution in [3.8, 4) is 11.1 Å². The normalized spacial score (nSPS) is 13.6. The maximum Gasteiger partial charge on any atom is 0.102 e. The van der Waals surface area contributed by atoms with Crippen LogP contribution in [0.1, 0.15) is 11.1 Å². The van der Waals surface area contributed by atoms with Gasteiger partial charge in [-0.2, -0.15) is 0 Å². The molecule has 0 atom stereocenters. The van der Waals surface area contributed by atoms with Crippen LogP contribution >= 0.6 is 0 Å². The van der Waals surface area contributed by atoms with Crippen LogP contribution in [0.25, 0.3) is 32.7 Å². The summed E-state index contributed by atoms with van der Waals surface area (Å²) < 4.78 is 0. The Morgan fingerprint density at radius 3 is 1.52 bits per heavy atom.